The van der Waals surface area contributed by atoms with E-state index >= 15 is 0 Å². The number of aliphatic carboxylic acids is 1. The second-order valence-electron chi connectivity index (χ2n) is 10.3. The van der Waals surface area contributed by atoms with Crippen molar-refractivity contribution in [3.8, 4) is 0 Å². The Hall–Kier alpha value is -2.60. The molecule has 11 N–H and O–H groups in total. The smallest absolute Gasteiger partial charge is 0.217 e. The van der Waals surface area contributed by atoms with Crippen molar-refractivity contribution < 1.29 is 84.1 Å². The van der Waals surface area contributed by atoms with Crippen LogP contribution in [-0.4, -0.2) is 170 Å². The molecule has 2 aliphatic rings. The SMILES string of the molecule is CC(=O)N[C@H]1[C@H](O[C@@H]([C@H](O)[C@@H](NC(C)=O)C(=O)[O-])[C@H](O)CO)O[C@H](CO)[C@@H](O[C@@H]2O[C@H](CO)[C@@H](O)[C@H](O)[C@H]2NC(C)=O)[C@@H]1O. The lowest BCUT2D eigenvalue weighted by atomic mass is 9.94. The zero-order valence-corrected chi connectivity index (χ0v) is 24.0. The largest absolute Gasteiger partial charge is 0.548 e. The average molecular weight is 643 g/mol. The van der Waals surface area contributed by atoms with E-state index in [4.69, 9.17) is 18.9 Å². The topological polar surface area (TPSA) is 326 Å². The van der Waals surface area contributed by atoms with E-state index in [1.54, 1.807) is 0 Å². The Morgan fingerprint density at radius 2 is 1.32 bits per heavy atom. The molecule has 0 bridgehead atoms. The van der Waals surface area contributed by atoms with Crippen LogP contribution in [0.4, 0.5) is 0 Å². The minimum absolute atomic E-state index is 0.689. The van der Waals surface area contributed by atoms with Gasteiger partial charge in [-0.3, -0.25) is 14.4 Å². The van der Waals surface area contributed by atoms with Crippen molar-refractivity contribution in [1.82, 2.24) is 16.0 Å². The van der Waals surface area contributed by atoms with Crippen LogP contribution in [0.25, 0.3) is 0 Å². The van der Waals surface area contributed by atoms with E-state index in [1.165, 1.54) is 0 Å². The van der Waals surface area contributed by atoms with Crippen molar-refractivity contribution >= 4 is 23.7 Å². The minimum Gasteiger partial charge on any atom is -0.548 e. The third-order valence-electron chi connectivity index (χ3n) is 6.91. The Balaban J connectivity index is 2.44. The van der Waals surface area contributed by atoms with Crippen molar-refractivity contribution in [3.63, 3.8) is 0 Å². The second kappa shape index (κ2) is 16.6. The van der Waals surface area contributed by atoms with Crippen LogP contribution in [0.2, 0.25) is 0 Å². The number of carboxylic acid groups (broad SMARTS) is 1. The Morgan fingerprint density at radius 3 is 1.77 bits per heavy atom. The highest BCUT2D eigenvalue weighted by Crippen LogP contribution is 2.31. The molecule has 0 aromatic rings. The molecule has 2 aliphatic heterocycles. The Bertz CT molecular complexity index is 990. The maximum Gasteiger partial charge on any atom is 0.217 e. The van der Waals surface area contributed by atoms with Crippen molar-refractivity contribution in [3.05, 3.63) is 0 Å². The number of aliphatic hydroxyl groups excluding tert-OH is 8. The highest BCUT2D eigenvalue weighted by atomic mass is 16.7. The summed E-state index contributed by atoms with van der Waals surface area (Å²) in [7, 11) is 0. The van der Waals surface area contributed by atoms with E-state index in [0.29, 0.717) is 0 Å². The molecule has 0 spiro atoms. The van der Waals surface area contributed by atoms with Gasteiger partial charge in [0.1, 0.15) is 67.0 Å². The summed E-state index contributed by atoms with van der Waals surface area (Å²) in [5, 5.41) is 100. The molecule has 20 heteroatoms. The standard InChI is InChI=1S/C24H41N3O17/c1-7(31)25-13(22(39)40)18(37)20(10(34)4-28)43-24-15(27-9(3)33)19(38)21(12(6-30)42-24)44-23-14(26-8(2)32)17(36)16(35)11(5-29)41-23/h10-21,23-24,28-30,34-38H,4-6H2,1-3H3,(H,25,31)(H,26,32)(H,27,33)(H,39,40)/p-1/t10-,11-,12-,13-,14-,15-,16-,17-,18-,19-,20-,21-,23+,24+/m1/s1. The van der Waals surface area contributed by atoms with Gasteiger partial charge in [-0.2, -0.15) is 0 Å². The fourth-order valence-corrected chi connectivity index (χ4v) is 4.83. The number of carbonyl (C=O) groups excluding carboxylic acids is 4. The Kier molecular flexibility index (Phi) is 14.2. The maximum atomic E-state index is 12.1. The van der Waals surface area contributed by atoms with Crippen molar-refractivity contribution in [1.29, 1.82) is 0 Å². The number of aliphatic hydroxyl groups is 8. The number of nitrogens with one attached hydrogen (secondary N) is 3. The lowest BCUT2D eigenvalue weighted by Crippen LogP contribution is -2.70. The van der Waals surface area contributed by atoms with Gasteiger partial charge < -0.3 is 85.7 Å². The predicted octanol–water partition coefficient (Wildman–Crippen LogP) is -8.75. The molecule has 0 aromatic carbocycles. The summed E-state index contributed by atoms with van der Waals surface area (Å²) in [6, 6.07) is -5.32. The van der Waals surface area contributed by atoms with Gasteiger partial charge in [0.25, 0.3) is 0 Å². The van der Waals surface area contributed by atoms with Crippen LogP contribution in [0.3, 0.4) is 0 Å². The molecule has 254 valence electrons. The number of amides is 3. The molecule has 2 rings (SSSR count). The molecule has 14 atom stereocenters. The number of carbonyl (C=O) groups is 4. The van der Waals surface area contributed by atoms with Gasteiger partial charge in [-0.1, -0.05) is 0 Å². The summed E-state index contributed by atoms with van der Waals surface area (Å²) < 4.78 is 22.5. The van der Waals surface area contributed by atoms with Crippen LogP contribution in [0.5, 0.6) is 0 Å². The number of hydrogen-bond acceptors (Lipinski definition) is 17. The van der Waals surface area contributed by atoms with E-state index in [-0.39, 0.29) is 0 Å². The van der Waals surface area contributed by atoms with Crippen LogP contribution in [-0.2, 0) is 38.1 Å². The normalized spacial score (nSPS) is 35.1. The number of ether oxygens (including phenoxy) is 4. The molecule has 3 amide bonds. The van der Waals surface area contributed by atoms with Crippen molar-refractivity contribution in [2.24, 2.45) is 0 Å². The first-order chi connectivity index (χ1) is 20.6. The van der Waals surface area contributed by atoms with Gasteiger partial charge in [-0.15, -0.1) is 0 Å². The highest BCUT2D eigenvalue weighted by Gasteiger charge is 2.53. The molecular formula is C24H40N3O17-. The predicted molar refractivity (Wildman–Crippen MR) is 136 cm³/mol. The highest BCUT2D eigenvalue weighted by molar-refractivity contribution is 5.81. The Morgan fingerprint density at radius 1 is 0.795 bits per heavy atom. The molecule has 2 fully saturated rings. The van der Waals surface area contributed by atoms with Crippen LogP contribution >= 0.6 is 0 Å². The lowest BCUT2D eigenvalue weighted by molar-refractivity contribution is -0.343. The Labute approximate surface area is 250 Å². The summed E-state index contributed by atoms with van der Waals surface area (Å²) in [5.74, 6) is -4.39. The zero-order valence-electron chi connectivity index (χ0n) is 24.0. The molecule has 0 saturated carbocycles. The summed E-state index contributed by atoms with van der Waals surface area (Å²) in [6.45, 7) is 0.182. The summed E-state index contributed by atoms with van der Waals surface area (Å²) in [5.41, 5.74) is 0. The second-order valence-corrected chi connectivity index (χ2v) is 10.3. The molecule has 2 saturated heterocycles. The molecule has 0 aromatic heterocycles. The van der Waals surface area contributed by atoms with Crippen molar-refractivity contribution in [2.45, 2.75) is 106 Å². The maximum absolute atomic E-state index is 12.1. The summed E-state index contributed by atoms with van der Waals surface area (Å²) in [6.07, 6.45) is -20.0. The van der Waals surface area contributed by atoms with Crippen molar-refractivity contribution in [2.75, 3.05) is 19.8 Å². The van der Waals surface area contributed by atoms with E-state index in [2.05, 4.69) is 10.6 Å². The molecule has 2 heterocycles. The van der Waals surface area contributed by atoms with Gasteiger partial charge in [0.05, 0.1) is 31.8 Å². The van der Waals surface area contributed by atoms with E-state index < -0.39 is 129 Å². The van der Waals surface area contributed by atoms with Gasteiger partial charge >= 0.3 is 0 Å². The molecule has 20 nitrogen and oxygen atoms in total. The summed E-state index contributed by atoms with van der Waals surface area (Å²) >= 11 is 0. The van der Waals surface area contributed by atoms with Crippen LogP contribution in [0.15, 0.2) is 0 Å². The fourth-order valence-electron chi connectivity index (χ4n) is 4.83. The van der Waals surface area contributed by atoms with Gasteiger partial charge in [0.15, 0.2) is 12.6 Å². The number of rotatable bonds is 14. The molecule has 0 aliphatic carbocycles. The third-order valence-corrected chi connectivity index (χ3v) is 6.91. The molecule has 0 radical (unpaired) electrons. The fraction of sp³-hybridized carbons (Fsp3) is 0.833. The van der Waals surface area contributed by atoms with Gasteiger partial charge in [-0.05, 0) is 0 Å². The first kappa shape index (κ1) is 37.6. The lowest BCUT2D eigenvalue weighted by Gasteiger charge is -2.48. The first-order valence-corrected chi connectivity index (χ1v) is 13.4. The van der Waals surface area contributed by atoms with Gasteiger partial charge in [0, 0.05) is 20.8 Å². The van der Waals surface area contributed by atoms with Crippen LogP contribution in [0, 0.1) is 0 Å². The number of hydrogen-bond donors (Lipinski definition) is 11. The zero-order chi connectivity index (χ0) is 33.5. The summed E-state index contributed by atoms with van der Waals surface area (Å²) in [4.78, 5) is 46.9. The van der Waals surface area contributed by atoms with E-state index in [1.807, 2.05) is 5.32 Å². The molecule has 0 unspecified atom stereocenters. The van der Waals surface area contributed by atoms with E-state index in [0.717, 1.165) is 20.8 Å². The van der Waals surface area contributed by atoms with Crippen LogP contribution in [0.1, 0.15) is 20.8 Å². The number of carboxylic acids is 1. The van der Waals surface area contributed by atoms with Crippen LogP contribution < -0.4 is 21.1 Å². The molecular weight excluding hydrogens is 602 g/mol. The average Bonchev–Trinajstić information content (AvgIpc) is 2.95. The quantitative estimate of drug-likeness (QED) is 0.0837. The third kappa shape index (κ3) is 9.22. The van der Waals surface area contributed by atoms with Gasteiger partial charge in [-0.25, -0.2) is 0 Å². The minimum atomic E-state index is -2.30. The first-order valence-electron chi connectivity index (χ1n) is 13.4. The monoisotopic (exact) mass is 642 g/mol. The van der Waals surface area contributed by atoms with Gasteiger partial charge in [0.2, 0.25) is 17.7 Å². The van der Waals surface area contributed by atoms with E-state index in [9.17, 15) is 65.1 Å². The molecule has 44 heavy (non-hydrogen) atoms.